The topological polar surface area (TPSA) is 138 Å². The summed E-state index contributed by atoms with van der Waals surface area (Å²) < 4.78 is 59.1. The Balaban J connectivity index is 1.41. The number of nitrogens with zero attached hydrogens (tertiary/aromatic N) is 6. The Bertz CT molecular complexity index is 1820. The van der Waals surface area contributed by atoms with Crippen LogP contribution in [0.3, 0.4) is 0 Å². The zero-order valence-corrected chi connectivity index (χ0v) is 23.9. The number of pyridine rings is 1. The molecule has 4 heterocycles. The number of aliphatic hydroxyl groups excluding tert-OH is 1. The van der Waals surface area contributed by atoms with E-state index >= 15 is 0 Å². The zero-order chi connectivity index (χ0) is 31.7. The van der Waals surface area contributed by atoms with Gasteiger partial charge in [0.25, 0.3) is 6.43 Å². The van der Waals surface area contributed by atoms with Crippen molar-refractivity contribution in [2.75, 3.05) is 23.7 Å². The summed E-state index contributed by atoms with van der Waals surface area (Å²) in [6, 6.07) is 12.4. The normalized spacial score (nSPS) is 17.7. The Morgan fingerprint density at radius 2 is 1.82 bits per heavy atom. The van der Waals surface area contributed by atoms with Crippen LogP contribution in [-0.2, 0) is 13.1 Å². The predicted octanol–water partition coefficient (Wildman–Crippen LogP) is 4.26. The van der Waals surface area contributed by atoms with Crippen molar-refractivity contribution in [2.45, 2.75) is 44.0 Å². The highest BCUT2D eigenvalue weighted by atomic mass is 19.3. The lowest BCUT2D eigenvalue weighted by molar-refractivity contribution is -0.0657. The third kappa shape index (κ3) is 5.98. The molecule has 234 valence electrons. The number of rotatable bonds is 9. The maximum Gasteiger partial charge on any atom is 0.265 e. The van der Waals surface area contributed by atoms with Crippen LogP contribution in [-0.4, -0.2) is 65.9 Å². The highest BCUT2D eigenvalue weighted by Crippen LogP contribution is 2.36. The van der Waals surface area contributed by atoms with Crippen molar-refractivity contribution in [1.82, 2.24) is 29.8 Å². The molecular weight excluding hydrogens is 592 g/mol. The fourth-order valence-corrected chi connectivity index (χ4v) is 5.87. The van der Waals surface area contributed by atoms with E-state index < -0.39 is 35.5 Å². The lowest BCUT2D eigenvalue weighted by atomic mass is 9.82. The van der Waals surface area contributed by atoms with Crippen LogP contribution in [0.15, 0.2) is 67.4 Å². The summed E-state index contributed by atoms with van der Waals surface area (Å²) in [6.45, 7) is 0.858. The SMILES string of the molecule is Nc1ncnc2c1ncn2Cc1cc(-c2cc(F)c(O)cc2F)ncc1N1CCC[C@](NCc2ccccc2)([C@H](O)C(F)F)C1. The van der Waals surface area contributed by atoms with Gasteiger partial charge in [0, 0.05) is 31.3 Å². The number of alkyl halides is 2. The van der Waals surface area contributed by atoms with Crippen LogP contribution < -0.4 is 16.0 Å². The average molecular weight is 623 g/mol. The van der Waals surface area contributed by atoms with E-state index in [1.807, 2.05) is 35.2 Å². The van der Waals surface area contributed by atoms with E-state index in [-0.39, 0.29) is 36.7 Å². The average Bonchev–Trinajstić information content (AvgIpc) is 3.45. The van der Waals surface area contributed by atoms with Crippen molar-refractivity contribution in [2.24, 2.45) is 0 Å². The number of piperidine rings is 1. The molecule has 2 atom stereocenters. The Hall–Kier alpha value is -4.82. The Morgan fingerprint density at radius 1 is 1.02 bits per heavy atom. The van der Waals surface area contributed by atoms with E-state index in [0.717, 1.165) is 11.6 Å². The number of nitrogens with one attached hydrogen (secondary N) is 1. The molecule has 3 aromatic heterocycles. The molecule has 1 saturated heterocycles. The molecule has 6 rings (SSSR count). The van der Waals surface area contributed by atoms with Crippen LogP contribution >= 0.6 is 0 Å². The van der Waals surface area contributed by atoms with Gasteiger partial charge in [-0.25, -0.2) is 32.5 Å². The number of phenols is 1. The van der Waals surface area contributed by atoms with Gasteiger partial charge in [0.2, 0.25) is 0 Å². The van der Waals surface area contributed by atoms with Crippen molar-refractivity contribution in [3.63, 3.8) is 0 Å². The molecular formula is C31H30F4N8O2. The van der Waals surface area contributed by atoms with Gasteiger partial charge in [-0.15, -0.1) is 0 Å². The Labute approximate surface area is 255 Å². The molecule has 0 unspecified atom stereocenters. The summed E-state index contributed by atoms with van der Waals surface area (Å²) in [5, 5.41) is 23.7. The monoisotopic (exact) mass is 622 g/mol. The summed E-state index contributed by atoms with van der Waals surface area (Å²) in [4.78, 5) is 18.8. The van der Waals surface area contributed by atoms with Crippen LogP contribution in [0.2, 0.25) is 0 Å². The number of anilines is 2. The maximum atomic E-state index is 14.9. The summed E-state index contributed by atoms with van der Waals surface area (Å²) in [6.07, 6.45) is 0.0918. The zero-order valence-electron chi connectivity index (χ0n) is 23.9. The number of phenolic OH excluding ortho intramolecular Hbond substituents is 1. The summed E-state index contributed by atoms with van der Waals surface area (Å²) in [5.41, 5.74) is 7.30. The number of imidazole rings is 1. The van der Waals surface area contributed by atoms with E-state index in [9.17, 15) is 27.8 Å². The second kappa shape index (κ2) is 12.3. The number of hydrogen-bond donors (Lipinski definition) is 4. The summed E-state index contributed by atoms with van der Waals surface area (Å²) in [7, 11) is 0. The standard InChI is InChI=1S/C31H30F4N8O2/c32-21-11-25(44)22(33)10-20(21)23-9-19(14-43-17-40-26-29(36)38-16-39-30(26)43)24(13-37-23)42-8-4-7-31(15-42,27(45)28(34)35)41-12-18-5-2-1-3-6-18/h1-3,5-6,9-11,13,16-17,27-28,41,44-45H,4,7-8,12,14-15H2,(H2,36,38,39)/t27-,31-/m1/s1. The van der Waals surface area contributed by atoms with Gasteiger partial charge in [0.15, 0.2) is 23.0 Å². The minimum absolute atomic E-state index is 0.0152. The van der Waals surface area contributed by atoms with Crippen LogP contribution in [0.1, 0.15) is 24.0 Å². The molecule has 1 fully saturated rings. The minimum Gasteiger partial charge on any atom is -0.505 e. The molecule has 0 amide bonds. The van der Waals surface area contributed by atoms with E-state index in [1.165, 1.54) is 18.9 Å². The number of nitrogens with two attached hydrogens (primary N) is 1. The van der Waals surface area contributed by atoms with Gasteiger partial charge >= 0.3 is 0 Å². The molecule has 0 spiro atoms. The number of fused-ring (bicyclic) bond motifs is 1. The molecule has 45 heavy (non-hydrogen) atoms. The fourth-order valence-electron chi connectivity index (χ4n) is 5.87. The number of aromatic nitrogens is 5. The number of benzene rings is 2. The molecule has 1 aliphatic rings. The molecule has 10 nitrogen and oxygen atoms in total. The van der Waals surface area contributed by atoms with E-state index in [1.54, 1.807) is 10.6 Å². The lowest BCUT2D eigenvalue weighted by Crippen LogP contribution is -2.65. The number of halogens is 4. The van der Waals surface area contributed by atoms with Gasteiger partial charge in [-0.2, -0.15) is 0 Å². The fraction of sp³-hybridized carbons (Fsp3) is 0.290. The van der Waals surface area contributed by atoms with Gasteiger partial charge in [-0.3, -0.25) is 4.98 Å². The molecule has 0 radical (unpaired) electrons. The van der Waals surface area contributed by atoms with Crippen molar-refractivity contribution in [3.8, 4) is 17.0 Å². The van der Waals surface area contributed by atoms with Crippen molar-refractivity contribution in [3.05, 3.63) is 90.1 Å². The molecule has 5 N–H and O–H groups in total. The van der Waals surface area contributed by atoms with E-state index in [0.29, 0.717) is 47.9 Å². The minimum atomic E-state index is -3.00. The molecule has 5 aromatic rings. The number of hydrogen-bond acceptors (Lipinski definition) is 9. The van der Waals surface area contributed by atoms with Gasteiger partial charge in [0.1, 0.15) is 23.8 Å². The molecule has 0 saturated carbocycles. The van der Waals surface area contributed by atoms with Gasteiger partial charge < -0.3 is 30.7 Å². The molecule has 2 aromatic carbocycles. The number of aliphatic hydroxyl groups is 1. The molecule has 14 heteroatoms. The van der Waals surface area contributed by atoms with E-state index in [4.69, 9.17) is 5.73 Å². The van der Waals surface area contributed by atoms with Crippen molar-refractivity contribution < 1.29 is 27.8 Å². The lowest BCUT2D eigenvalue weighted by Gasteiger charge is -2.47. The van der Waals surface area contributed by atoms with Crippen molar-refractivity contribution >= 4 is 22.7 Å². The first-order valence-electron chi connectivity index (χ1n) is 14.2. The smallest absolute Gasteiger partial charge is 0.265 e. The Morgan fingerprint density at radius 3 is 2.60 bits per heavy atom. The van der Waals surface area contributed by atoms with Crippen LogP contribution in [0, 0.1) is 11.6 Å². The second-order valence-corrected chi connectivity index (χ2v) is 11.1. The third-order valence-corrected chi connectivity index (χ3v) is 8.21. The van der Waals surface area contributed by atoms with E-state index in [2.05, 4.69) is 25.3 Å². The first-order valence-corrected chi connectivity index (χ1v) is 14.2. The Kier molecular flexibility index (Phi) is 8.25. The first kappa shape index (κ1) is 30.2. The van der Waals surface area contributed by atoms with Gasteiger partial charge in [-0.1, -0.05) is 30.3 Å². The highest BCUT2D eigenvalue weighted by Gasteiger charge is 2.46. The third-order valence-electron chi connectivity index (χ3n) is 8.21. The summed E-state index contributed by atoms with van der Waals surface area (Å²) in [5.74, 6) is -2.54. The second-order valence-electron chi connectivity index (χ2n) is 11.1. The molecule has 0 aliphatic carbocycles. The number of aromatic hydroxyl groups is 1. The van der Waals surface area contributed by atoms with Gasteiger partial charge in [-0.05, 0) is 36.1 Å². The maximum absolute atomic E-state index is 14.9. The summed E-state index contributed by atoms with van der Waals surface area (Å²) >= 11 is 0. The highest BCUT2D eigenvalue weighted by molar-refractivity contribution is 5.81. The predicted molar refractivity (Wildman–Crippen MR) is 160 cm³/mol. The molecule has 0 bridgehead atoms. The number of nitrogen functional groups attached to an aromatic ring is 1. The van der Waals surface area contributed by atoms with Crippen LogP contribution in [0.4, 0.5) is 29.1 Å². The largest absolute Gasteiger partial charge is 0.505 e. The first-order chi connectivity index (χ1) is 21.6. The van der Waals surface area contributed by atoms with Gasteiger partial charge in [0.05, 0.1) is 36.0 Å². The molecule has 1 aliphatic heterocycles. The van der Waals surface area contributed by atoms with Crippen molar-refractivity contribution in [1.29, 1.82) is 0 Å². The quantitative estimate of drug-likeness (QED) is 0.178. The van der Waals surface area contributed by atoms with Crippen LogP contribution in [0.5, 0.6) is 5.75 Å². The van der Waals surface area contributed by atoms with Crippen LogP contribution in [0.25, 0.3) is 22.4 Å².